The number of likely N-dealkylation sites (tertiary alicyclic amines) is 1. The number of benzene rings is 3. The Kier molecular flexibility index (Phi) is 8.06. The Labute approximate surface area is 259 Å². The Morgan fingerprint density at radius 2 is 1.86 bits per heavy atom. The summed E-state index contributed by atoms with van der Waals surface area (Å²) >= 11 is 1.46. The Morgan fingerprint density at radius 3 is 2.64 bits per heavy atom. The number of ether oxygens (including phenoxy) is 1. The molecule has 3 aromatic carbocycles. The van der Waals surface area contributed by atoms with Gasteiger partial charge in [0.05, 0.1) is 34.7 Å². The summed E-state index contributed by atoms with van der Waals surface area (Å²) in [5, 5.41) is 6.39. The molecule has 0 saturated carbocycles. The molecule has 6 rings (SSSR count). The molecule has 2 aliphatic heterocycles. The lowest BCUT2D eigenvalue weighted by molar-refractivity contribution is -0.146. The third-order valence-corrected chi connectivity index (χ3v) is 10.9. The molecule has 226 valence electrons. The van der Waals surface area contributed by atoms with Gasteiger partial charge < -0.3 is 15.4 Å². The van der Waals surface area contributed by atoms with Crippen LogP contribution in [-0.4, -0.2) is 55.8 Å². The van der Waals surface area contributed by atoms with Gasteiger partial charge in [0.25, 0.3) is 11.8 Å². The van der Waals surface area contributed by atoms with E-state index in [4.69, 9.17) is 4.74 Å². The minimum atomic E-state index is -3.97. The first-order valence-corrected chi connectivity index (χ1v) is 16.4. The lowest BCUT2D eigenvalue weighted by Gasteiger charge is -2.22. The largest absolute Gasteiger partial charge is 0.468 e. The third-order valence-electron chi connectivity index (χ3n) is 8.02. The average molecular weight is 631 g/mol. The van der Waals surface area contributed by atoms with Crippen LogP contribution < -0.4 is 10.6 Å². The maximum atomic E-state index is 13.4. The van der Waals surface area contributed by atoms with Crippen molar-refractivity contribution in [2.75, 3.05) is 19.0 Å². The zero-order chi connectivity index (χ0) is 31.0. The lowest BCUT2D eigenvalue weighted by atomic mass is 10.1. The first-order chi connectivity index (χ1) is 21.2. The number of anilines is 1. The third kappa shape index (κ3) is 5.51. The maximum absolute atomic E-state index is 13.4. The lowest BCUT2D eigenvalue weighted by Crippen LogP contribution is -2.36. The Bertz CT molecular complexity index is 1880. The first kappa shape index (κ1) is 29.7. The molecule has 1 aromatic heterocycles. The summed E-state index contributed by atoms with van der Waals surface area (Å²) in [6.45, 7) is 3.37. The van der Waals surface area contributed by atoms with Crippen LogP contribution in [0.3, 0.4) is 0 Å². The van der Waals surface area contributed by atoms with Crippen LogP contribution in [0.4, 0.5) is 5.69 Å². The highest BCUT2D eigenvalue weighted by atomic mass is 32.2. The van der Waals surface area contributed by atoms with E-state index in [1.165, 1.54) is 42.7 Å². The van der Waals surface area contributed by atoms with E-state index in [1.54, 1.807) is 25.3 Å². The van der Waals surface area contributed by atoms with Crippen molar-refractivity contribution in [3.63, 3.8) is 0 Å². The summed E-state index contributed by atoms with van der Waals surface area (Å²) in [6, 6.07) is 16.7. The number of fused-ring (bicyclic) bond motifs is 2. The number of esters is 1. The molecule has 0 unspecified atom stereocenters. The number of rotatable bonds is 7. The Balaban J connectivity index is 1.13. The van der Waals surface area contributed by atoms with Gasteiger partial charge in [-0.15, -0.1) is 11.3 Å². The van der Waals surface area contributed by atoms with Crippen LogP contribution in [0, 0.1) is 6.92 Å². The SMILES string of the molecule is COC(=O)[C@@H]1CCCN1Cc1ccc(-c2ncc(CNC(=O)c3ccc4c(c3C)NC(=O)c3ccccc3S4(=O)=O)s2)cc1. The summed E-state index contributed by atoms with van der Waals surface area (Å²) in [5.41, 5.74) is 2.83. The molecule has 12 heteroatoms. The number of hydrogen-bond acceptors (Lipinski definition) is 9. The number of hydrogen-bond donors (Lipinski definition) is 2. The predicted octanol–water partition coefficient (Wildman–Crippen LogP) is 4.58. The van der Waals surface area contributed by atoms with Crippen molar-refractivity contribution in [1.29, 1.82) is 0 Å². The monoisotopic (exact) mass is 630 g/mol. The number of nitrogens with zero attached hydrogens (tertiary/aromatic N) is 2. The molecule has 44 heavy (non-hydrogen) atoms. The molecular formula is C32H30N4O6S2. The summed E-state index contributed by atoms with van der Waals surface area (Å²) in [7, 11) is -2.55. The maximum Gasteiger partial charge on any atom is 0.323 e. The topological polar surface area (TPSA) is 135 Å². The highest BCUT2D eigenvalue weighted by Gasteiger charge is 2.33. The van der Waals surface area contributed by atoms with Gasteiger partial charge in [0.2, 0.25) is 9.84 Å². The molecule has 0 aliphatic carbocycles. The van der Waals surface area contributed by atoms with Crippen LogP contribution in [0.25, 0.3) is 10.6 Å². The first-order valence-electron chi connectivity index (χ1n) is 14.1. The normalized spacial score (nSPS) is 17.2. The number of amides is 2. The molecule has 2 amide bonds. The molecule has 2 aliphatic rings. The van der Waals surface area contributed by atoms with E-state index >= 15 is 0 Å². The summed E-state index contributed by atoms with van der Waals surface area (Å²) in [5.74, 6) is -1.13. The van der Waals surface area contributed by atoms with E-state index in [0.717, 1.165) is 40.4 Å². The van der Waals surface area contributed by atoms with Crippen molar-refractivity contribution in [3.05, 3.63) is 94.0 Å². The van der Waals surface area contributed by atoms with Gasteiger partial charge in [-0.05, 0) is 61.7 Å². The summed E-state index contributed by atoms with van der Waals surface area (Å²) < 4.78 is 31.6. The minimum absolute atomic E-state index is 0.0494. The number of sulfone groups is 1. The van der Waals surface area contributed by atoms with E-state index in [1.807, 2.05) is 24.3 Å². The average Bonchev–Trinajstić information content (AvgIpc) is 3.69. The fourth-order valence-corrected chi connectivity index (χ4v) is 8.21. The zero-order valence-corrected chi connectivity index (χ0v) is 25.8. The fourth-order valence-electron chi connectivity index (χ4n) is 5.69. The fraction of sp³-hybridized carbons (Fsp3) is 0.250. The van der Waals surface area contributed by atoms with Crippen molar-refractivity contribution in [2.45, 2.75) is 48.7 Å². The summed E-state index contributed by atoms with van der Waals surface area (Å²) in [6.07, 6.45) is 3.49. The van der Waals surface area contributed by atoms with Crippen LogP contribution in [0.15, 0.2) is 76.7 Å². The van der Waals surface area contributed by atoms with Gasteiger partial charge in [-0.3, -0.25) is 19.3 Å². The van der Waals surface area contributed by atoms with Crippen molar-refractivity contribution in [3.8, 4) is 10.6 Å². The van der Waals surface area contributed by atoms with Crippen LogP contribution >= 0.6 is 11.3 Å². The molecule has 2 N–H and O–H groups in total. The van der Waals surface area contributed by atoms with Gasteiger partial charge in [-0.25, -0.2) is 13.4 Å². The smallest absolute Gasteiger partial charge is 0.323 e. The van der Waals surface area contributed by atoms with E-state index in [2.05, 4.69) is 20.5 Å². The Morgan fingerprint density at radius 1 is 1.09 bits per heavy atom. The van der Waals surface area contributed by atoms with E-state index in [0.29, 0.717) is 12.1 Å². The molecule has 0 spiro atoms. The molecule has 3 heterocycles. The predicted molar refractivity (Wildman–Crippen MR) is 165 cm³/mol. The number of carbonyl (C=O) groups excluding carboxylic acids is 3. The van der Waals surface area contributed by atoms with Gasteiger partial charge in [0, 0.05) is 28.7 Å². The van der Waals surface area contributed by atoms with Gasteiger partial charge in [0.1, 0.15) is 11.0 Å². The number of carbonyl (C=O) groups is 3. The van der Waals surface area contributed by atoms with E-state index < -0.39 is 21.7 Å². The van der Waals surface area contributed by atoms with Crippen LogP contribution in [0.2, 0.25) is 0 Å². The highest BCUT2D eigenvalue weighted by Crippen LogP contribution is 2.37. The highest BCUT2D eigenvalue weighted by molar-refractivity contribution is 7.91. The quantitative estimate of drug-likeness (QED) is 0.284. The van der Waals surface area contributed by atoms with E-state index in [9.17, 15) is 22.8 Å². The molecule has 0 radical (unpaired) electrons. The summed E-state index contributed by atoms with van der Waals surface area (Å²) in [4.78, 5) is 45.5. The number of methoxy groups -OCH3 is 1. The van der Waals surface area contributed by atoms with Gasteiger partial charge in [-0.2, -0.15) is 0 Å². The Hall–Kier alpha value is -4.39. The van der Waals surface area contributed by atoms with Crippen molar-refractivity contribution >= 4 is 44.6 Å². The standard InChI is InChI=1S/C32H30N4O6S2/c1-19-23(13-14-27-28(19)35-30(38)24-6-3-4-8-26(24)44(27,40)41)29(37)33-16-22-17-34-31(43-22)21-11-9-20(10-12-21)18-36-15-5-7-25(36)32(39)42-2/h3-4,6,8-14,17,25H,5,7,15-16,18H2,1-2H3,(H,33,37)(H,35,38)/t25-/m0/s1. The number of aromatic nitrogens is 1. The van der Waals surface area contributed by atoms with Crippen molar-refractivity contribution < 1.29 is 27.5 Å². The number of nitrogens with one attached hydrogen (secondary N) is 2. The second-order valence-corrected chi connectivity index (χ2v) is 13.7. The van der Waals surface area contributed by atoms with Crippen LogP contribution in [-0.2, 0) is 32.5 Å². The number of thiazole rings is 1. The molecule has 1 saturated heterocycles. The molecule has 10 nitrogen and oxygen atoms in total. The molecular weight excluding hydrogens is 601 g/mol. The van der Waals surface area contributed by atoms with Crippen LogP contribution in [0.5, 0.6) is 0 Å². The second-order valence-electron chi connectivity index (χ2n) is 10.7. The molecule has 4 aromatic rings. The molecule has 1 fully saturated rings. The van der Waals surface area contributed by atoms with Crippen molar-refractivity contribution in [1.82, 2.24) is 15.2 Å². The van der Waals surface area contributed by atoms with Gasteiger partial charge in [-0.1, -0.05) is 36.4 Å². The van der Waals surface area contributed by atoms with E-state index in [-0.39, 0.29) is 45.2 Å². The second kappa shape index (κ2) is 11.9. The van der Waals surface area contributed by atoms with Crippen LogP contribution in [0.1, 0.15) is 49.6 Å². The molecule has 0 bridgehead atoms. The van der Waals surface area contributed by atoms with Crippen molar-refractivity contribution in [2.24, 2.45) is 0 Å². The van der Waals surface area contributed by atoms with Gasteiger partial charge >= 0.3 is 5.97 Å². The van der Waals surface area contributed by atoms with Gasteiger partial charge in [0.15, 0.2) is 0 Å². The zero-order valence-electron chi connectivity index (χ0n) is 24.1. The minimum Gasteiger partial charge on any atom is -0.468 e. The molecule has 1 atom stereocenters.